The monoisotopic (exact) mass is 1210 g/mol. The van der Waals surface area contributed by atoms with Crippen LogP contribution in [-0.2, 0) is 10.8 Å². The Labute approximate surface area is 540 Å². The summed E-state index contributed by atoms with van der Waals surface area (Å²) in [6.07, 6.45) is 0. The molecule has 0 aliphatic carbocycles. The van der Waals surface area contributed by atoms with Crippen LogP contribution in [0.4, 0.5) is 34.1 Å². The summed E-state index contributed by atoms with van der Waals surface area (Å²) in [5.41, 5.74) is 21.7. The van der Waals surface area contributed by atoms with Gasteiger partial charge in [0.2, 0.25) is 0 Å². The fourth-order valence-corrected chi connectivity index (χ4v) is 19.0. The van der Waals surface area contributed by atoms with E-state index in [-0.39, 0.29) is 10.8 Å². The molecule has 91 heavy (non-hydrogen) atoms. The van der Waals surface area contributed by atoms with Crippen molar-refractivity contribution in [2.24, 2.45) is 0 Å². The summed E-state index contributed by atoms with van der Waals surface area (Å²) >= 11 is 5.66. The SMILES string of the molecule is CC1(C)c2ccccc2N(c2ccc3c(-c4ccc5sc6ccc(-c7ccccc7)cc6c5c4)c4cc(N5c6ccccc6C(C)(C)c6cc7c(cc65)sc5ccccc57)ccc4c(-c4ccc5sc6ccc(-c7ccccc7)cc6c5c4)c3c2)c2ccccc21. The molecule has 0 bridgehead atoms. The zero-order valence-electron chi connectivity index (χ0n) is 50.7. The van der Waals surface area contributed by atoms with Crippen LogP contribution in [0.15, 0.2) is 279 Å². The lowest BCUT2D eigenvalue weighted by molar-refractivity contribution is 0.632. The molecule has 2 aliphatic heterocycles. The van der Waals surface area contributed by atoms with E-state index < -0.39 is 0 Å². The van der Waals surface area contributed by atoms with Crippen molar-refractivity contribution in [1.29, 1.82) is 0 Å². The average Bonchev–Trinajstić information content (AvgIpc) is 1.25. The lowest BCUT2D eigenvalue weighted by atomic mass is 9.73. The van der Waals surface area contributed by atoms with Gasteiger partial charge >= 0.3 is 0 Å². The van der Waals surface area contributed by atoms with Crippen molar-refractivity contribution < 1.29 is 0 Å². The smallest absolute Gasteiger partial charge is 0.0517 e. The average molecular weight is 1220 g/mol. The van der Waals surface area contributed by atoms with Gasteiger partial charge in [0, 0.05) is 82.7 Å². The second-order valence-electron chi connectivity index (χ2n) is 25.9. The van der Waals surface area contributed by atoms with Crippen LogP contribution in [0, 0.1) is 0 Å². The predicted molar refractivity (Wildman–Crippen MR) is 395 cm³/mol. The van der Waals surface area contributed by atoms with Gasteiger partial charge in [-0.05, 0) is 198 Å². The van der Waals surface area contributed by atoms with Crippen LogP contribution < -0.4 is 9.80 Å². The van der Waals surface area contributed by atoms with Gasteiger partial charge in [0.15, 0.2) is 0 Å². The molecule has 3 aromatic heterocycles. The van der Waals surface area contributed by atoms with E-state index in [9.17, 15) is 0 Å². The van der Waals surface area contributed by atoms with E-state index in [1.807, 2.05) is 34.0 Å². The first-order valence-corrected chi connectivity index (χ1v) is 34.0. The zero-order chi connectivity index (χ0) is 60.4. The van der Waals surface area contributed by atoms with Gasteiger partial charge in [-0.1, -0.05) is 198 Å². The predicted octanol–water partition coefficient (Wildman–Crippen LogP) is 26.0. The maximum atomic E-state index is 2.58. The Bertz CT molecular complexity index is 5870. The maximum Gasteiger partial charge on any atom is 0.0517 e. The van der Waals surface area contributed by atoms with Gasteiger partial charge in [-0.25, -0.2) is 0 Å². The van der Waals surface area contributed by atoms with E-state index in [1.165, 1.54) is 172 Å². The third-order valence-electron chi connectivity index (χ3n) is 20.2. The zero-order valence-corrected chi connectivity index (χ0v) is 53.1. The summed E-state index contributed by atoms with van der Waals surface area (Å²) in [7, 11) is 0. The highest BCUT2D eigenvalue weighted by atomic mass is 32.1. The molecular weight excluding hydrogens is 1160 g/mol. The summed E-state index contributed by atoms with van der Waals surface area (Å²) in [4.78, 5) is 5.11. The van der Waals surface area contributed by atoms with Crippen molar-refractivity contribution in [3.8, 4) is 44.5 Å². The van der Waals surface area contributed by atoms with Crippen LogP contribution in [-0.4, -0.2) is 0 Å². The van der Waals surface area contributed by atoms with Crippen molar-refractivity contribution in [2.45, 2.75) is 38.5 Å². The van der Waals surface area contributed by atoms with Crippen LogP contribution >= 0.6 is 34.0 Å². The number of benzene rings is 14. The lowest BCUT2D eigenvalue weighted by Gasteiger charge is -2.42. The van der Waals surface area contributed by atoms with Crippen molar-refractivity contribution in [3.05, 3.63) is 301 Å². The summed E-state index contributed by atoms with van der Waals surface area (Å²) in [5, 5.41) is 12.6. The molecule has 0 unspecified atom stereocenters. The summed E-state index contributed by atoms with van der Waals surface area (Å²) in [6, 6.07) is 106. The van der Waals surface area contributed by atoms with E-state index in [2.05, 4.69) is 317 Å². The number of para-hydroxylation sites is 3. The largest absolute Gasteiger partial charge is 0.310 e. The standard InChI is InChI=1S/C86H58N2S3/c1-85(2)69-24-12-15-27-73(69)87(74-28-16-13-25-70(74)85)57-35-37-60-67(47-57)83(55-33-41-80-64(45-55)62-43-53(31-39-78(62)89-80)51-19-7-5-8-20-51)61-38-36-58(48-68(61)84(60)56-34-42-81-65(46-56)63-44-54(32-40-79(63)90-81)52-21-9-6-10-22-52)88-75-29-17-14-26-71(75)86(3,4)72-49-66-59-23-11-18-30-77(59)91-82(66)50-76(72)88/h5-50H,1-4H3. The molecule has 0 atom stereocenters. The summed E-state index contributed by atoms with van der Waals surface area (Å²) < 4.78 is 7.76. The van der Waals surface area contributed by atoms with Crippen LogP contribution in [0.5, 0.6) is 0 Å². The molecule has 0 saturated carbocycles. The Kier molecular flexibility index (Phi) is 11.4. The Morgan fingerprint density at radius 2 is 0.582 bits per heavy atom. The molecule has 17 aromatic rings. The van der Waals surface area contributed by atoms with E-state index in [0.29, 0.717) is 0 Å². The molecule has 430 valence electrons. The molecule has 5 heteroatoms. The van der Waals surface area contributed by atoms with Crippen molar-refractivity contribution in [1.82, 2.24) is 0 Å². The highest BCUT2D eigenvalue weighted by Gasteiger charge is 2.39. The van der Waals surface area contributed by atoms with Crippen LogP contribution in [0.25, 0.3) is 127 Å². The topological polar surface area (TPSA) is 6.48 Å². The molecule has 0 fully saturated rings. The molecular formula is C86H58N2S3. The number of hydrogen-bond acceptors (Lipinski definition) is 5. The molecule has 0 N–H and O–H groups in total. The summed E-state index contributed by atoms with van der Waals surface area (Å²) in [6.45, 7) is 9.59. The Hall–Kier alpha value is -10.1. The van der Waals surface area contributed by atoms with Gasteiger partial charge in [-0.3, -0.25) is 0 Å². The van der Waals surface area contributed by atoms with Gasteiger partial charge in [0.1, 0.15) is 0 Å². The highest BCUT2D eigenvalue weighted by Crippen LogP contribution is 2.58. The Morgan fingerprint density at radius 1 is 0.220 bits per heavy atom. The van der Waals surface area contributed by atoms with Gasteiger partial charge in [0.25, 0.3) is 0 Å². The molecule has 2 aliphatic rings. The number of anilines is 6. The van der Waals surface area contributed by atoms with Crippen molar-refractivity contribution >= 4 is 150 Å². The minimum Gasteiger partial charge on any atom is -0.310 e. The second-order valence-corrected chi connectivity index (χ2v) is 29.2. The van der Waals surface area contributed by atoms with Gasteiger partial charge in [-0.15, -0.1) is 34.0 Å². The first-order chi connectivity index (χ1) is 44.6. The molecule has 0 amide bonds. The number of fused-ring (bicyclic) bond motifs is 15. The third kappa shape index (κ3) is 7.88. The van der Waals surface area contributed by atoms with Crippen molar-refractivity contribution in [3.63, 3.8) is 0 Å². The molecule has 19 rings (SSSR count). The molecule has 0 saturated heterocycles. The maximum absolute atomic E-state index is 2.58. The van der Waals surface area contributed by atoms with Crippen LogP contribution in [0.2, 0.25) is 0 Å². The molecule has 5 heterocycles. The lowest BCUT2D eigenvalue weighted by Crippen LogP contribution is -2.30. The van der Waals surface area contributed by atoms with E-state index >= 15 is 0 Å². The van der Waals surface area contributed by atoms with Crippen molar-refractivity contribution in [2.75, 3.05) is 9.80 Å². The highest BCUT2D eigenvalue weighted by molar-refractivity contribution is 7.26. The Balaban J connectivity index is 0.928. The Morgan fingerprint density at radius 3 is 1.07 bits per heavy atom. The second kappa shape index (κ2) is 19.7. The number of thiophene rings is 3. The number of nitrogens with zero attached hydrogens (tertiary/aromatic N) is 2. The molecule has 0 spiro atoms. The van der Waals surface area contributed by atoms with E-state index in [4.69, 9.17) is 0 Å². The number of hydrogen-bond donors (Lipinski definition) is 0. The van der Waals surface area contributed by atoms with Crippen LogP contribution in [0.3, 0.4) is 0 Å². The molecule has 0 radical (unpaired) electrons. The first kappa shape index (κ1) is 52.8. The van der Waals surface area contributed by atoms with Gasteiger partial charge < -0.3 is 9.80 Å². The quantitative estimate of drug-likeness (QED) is 0.153. The minimum absolute atomic E-state index is 0.201. The third-order valence-corrected chi connectivity index (χ3v) is 23.6. The minimum atomic E-state index is -0.265. The fourth-order valence-electron chi connectivity index (χ4n) is 15.7. The first-order valence-electron chi connectivity index (χ1n) is 31.5. The molecule has 2 nitrogen and oxygen atoms in total. The molecule has 14 aromatic carbocycles. The normalized spacial score (nSPS) is 14.1. The van der Waals surface area contributed by atoms with E-state index in [1.54, 1.807) is 0 Å². The van der Waals surface area contributed by atoms with Crippen LogP contribution in [0.1, 0.15) is 49.9 Å². The summed E-state index contributed by atoms with van der Waals surface area (Å²) in [5.74, 6) is 0. The fraction of sp³-hybridized carbons (Fsp3) is 0.0698. The number of rotatable bonds is 6. The van der Waals surface area contributed by atoms with Gasteiger partial charge in [-0.2, -0.15) is 0 Å². The van der Waals surface area contributed by atoms with E-state index in [0.717, 1.165) is 11.4 Å². The van der Waals surface area contributed by atoms with Gasteiger partial charge in [0.05, 0.1) is 22.7 Å².